The largest absolute Gasteiger partial charge is 0.381 e. The van der Waals surface area contributed by atoms with Gasteiger partial charge in [-0.3, -0.25) is 0 Å². The van der Waals surface area contributed by atoms with Gasteiger partial charge in [-0.05, 0) is 19.3 Å². The van der Waals surface area contributed by atoms with Gasteiger partial charge >= 0.3 is 0 Å². The van der Waals surface area contributed by atoms with Crippen molar-refractivity contribution in [3.63, 3.8) is 0 Å². The SMILES string of the molecule is CCCCCCCCCCCCCCCCCCCCCCOCCCCCCCCCCCCBr. The molecule has 0 aromatic heterocycles. The van der Waals surface area contributed by atoms with E-state index in [4.69, 9.17) is 4.74 Å². The summed E-state index contributed by atoms with van der Waals surface area (Å²) in [6.07, 6.45) is 42.9. The van der Waals surface area contributed by atoms with Gasteiger partial charge in [-0.1, -0.05) is 196 Å². The number of hydrogen-bond acceptors (Lipinski definition) is 1. The monoisotopic (exact) mass is 572 g/mol. The Morgan fingerprint density at radius 3 is 0.778 bits per heavy atom. The van der Waals surface area contributed by atoms with Crippen LogP contribution in [0, 0.1) is 0 Å². The van der Waals surface area contributed by atoms with Crippen molar-refractivity contribution in [1.29, 1.82) is 0 Å². The number of rotatable bonds is 33. The first-order valence-corrected chi connectivity index (χ1v) is 18.2. The van der Waals surface area contributed by atoms with Gasteiger partial charge in [-0.15, -0.1) is 0 Å². The van der Waals surface area contributed by atoms with E-state index in [0.29, 0.717) is 0 Å². The third-order valence-electron chi connectivity index (χ3n) is 7.81. The Labute approximate surface area is 238 Å². The highest BCUT2D eigenvalue weighted by molar-refractivity contribution is 9.09. The lowest BCUT2D eigenvalue weighted by Gasteiger charge is -2.05. The molecule has 0 aliphatic carbocycles. The van der Waals surface area contributed by atoms with E-state index in [1.54, 1.807) is 0 Å². The van der Waals surface area contributed by atoms with Crippen molar-refractivity contribution >= 4 is 15.9 Å². The highest BCUT2D eigenvalue weighted by Crippen LogP contribution is 2.15. The van der Waals surface area contributed by atoms with Gasteiger partial charge in [-0.2, -0.15) is 0 Å². The summed E-state index contributed by atoms with van der Waals surface area (Å²) < 4.78 is 5.85. The van der Waals surface area contributed by atoms with Gasteiger partial charge in [0, 0.05) is 18.5 Å². The zero-order chi connectivity index (χ0) is 26.0. The zero-order valence-electron chi connectivity index (χ0n) is 25.1. The van der Waals surface area contributed by atoms with Crippen LogP contribution in [-0.2, 0) is 4.74 Å². The summed E-state index contributed by atoms with van der Waals surface area (Å²) >= 11 is 3.51. The van der Waals surface area contributed by atoms with Gasteiger partial charge in [0.15, 0.2) is 0 Å². The fourth-order valence-corrected chi connectivity index (χ4v) is 5.67. The van der Waals surface area contributed by atoms with Crippen LogP contribution in [0.5, 0.6) is 0 Å². The van der Waals surface area contributed by atoms with Crippen LogP contribution >= 0.6 is 15.9 Å². The number of alkyl halides is 1. The number of hydrogen-bond donors (Lipinski definition) is 0. The molecule has 0 aliphatic heterocycles. The van der Waals surface area contributed by atoms with Crippen LogP contribution in [0.1, 0.15) is 200 Å². The molecule has 0 fully saturated rings. The van der Waals surface area contributed by atoms with Gasteiger partial charge in [0.25, 0.3) is 0 Å². The van der Waals surface area contributed by atoms with Crippen LogP contribution in [0.15, 0.2) is 0 Å². The van der Waals surface area contributed by atoms with Crippen LogP contribution in [0.3, 0.4) is 0 Å². The van der Waals surface area contributed by atoms with Crippen LogP contribution in [0.4, 0.5) is 0 Å². The average molecular weight is 574 g/mol. The van der Waals surface area contributed by atoms with Gasteiger partial charge in [0.1, 0.15) is 0 Å². The minimum atomic E-state index is 0.992. The van der Waals surface area contributed by atoms with Gasteiger partial charge in [-0.25, -0.2) is 0 Å². The number of unbranched alkanes of at least 4 members (excludes halogenated alkanes) is 28. The summed E-state index contributed by atoms with van der Waals surface area (Å²) in [6, 6.07) is 0. The first-order valence-electron chi connectivity index (χ1n) is 17.1. The van der Waals surface area contributed by atoms with Crippen LogP contribution in [0.25, 0.3) is 0 Å². The predicted octanol–water partition coefficient (Wildman–Crippen LogP) is 13.1. The Morgan fingerprint density at radius 1 is 0.306 bits per heavy atom. The topological polar surface area (TPSA) is 9.23 Å². The van der Waals surface area contributed by atoms with Crippen molar-refractivity contribution in [3.8, 4) is 0 Å². The molecule has 0 heterocycles. The molecule has 0 atom stereocenters. The van der Waals surface area contributed by atoms with E-state index in [0.717, 1.165) is 13.2 Å². The summed E-state index contributed by atoms with van der Waals surface area (Å²) in [5.74, 6) is 0. The van der Waals surface area contributed by atoms with Crippen molar-refractivity contribution in [2.75, 3.05) is 18.5 Å². The summed E-state index contributed by atoms with van der Waals surface area (Å²) in [5.41, 5.74) is 0. The molecule has 0 amide bonds. The molecule has 0 radical (unpaired) electrons. The number of ether oxygens (including phenoxy) is 1. The predicted molar refractivity (Wildman–Crippen MR) is 169 cm³/mol. The Morgan fingerprint density at radius 2 is 0.528 bits per heavy atom. The summed E-state index contributed by atoms with van der Waals surface area (Å²) in [7, 11) is 0. The van der Waals surface area contributed by atoms with Crippen molar-refractivity contribution in [2.45, 2.75) is 200 Å². The molecule has 0 aromatic rings. The molecule has 0 unspecified atom stereocenters. The Bertz CT molecular complexity index is 325. The summed E-state index contributed by atoms with van der Waals surface area (Å²) in [5, 5.41) is 1.18. The second-order valence-corrected chi connectivity index (χ2v) is 12.3. The molecule has 0 saturated carbocycles. The quantitative estimate of drug-likeness (QED) is 0.0560. The molecule has 0 N–H and O–H groups in total. The zero-order valence-corrected chi connectivity index (χ0v) is 26.7. The minimum Gasteiger partial charge on any atom is -0.381 e. The fourth-order valence-electron chi connectivity index (χ4n) is 5.27. The van der Waals surface area contributed by atoms with Crippen molar-refractivity contribution in [1.82, 2.24) is 0 Å². The standard InChI is InChI=1S/C34H69BrO/c1-2-3-4-5-6-7-8-9-10-11-12-13-14-15-16-18-21-24-27-30-33-36-34-31-28-25-22-19-17-20-23-26-29-32-35/h2-34H2,1H3. The van der Waals surface area contributed by atoms with Crippen LogP contribution in [0.2, 0.25) is 0 Å². The average Bonchev–Trinajstić information content (AvgIpc) is 2.89. The highest BCUT2D eigenvalue weighted by atomic mass is 79.9. The maximum absolute atomic E-state index is 5.85. The maximum Gasteiger partial charge on any atom is 0.0466 e. The third kappa shape index (κ3) is 34.4. The van der Waals surface area contributed by atoms with E-state index < -0.39 is 0 Å². The van der Waals surface area contributed by atoms with E-state index in [2.05, 4.69) is 22.9 Å². The lowest BCUT2D eigenvalue weighted by Crippen LogP contribution is -1.97. The van der Waals surface area contributed by atoms with E-state index in [1.165, 1.54) is 198 Å². The molecule has 0 saturated heterocycles. The van der Waals surface area contributed by atoms with Crippen molar-refractivity contribution < 1.29 is 4.74 Å². The normalized spacial score (nSPS) is 11.5. The Kier molecular flexibility index (Phi) is 35.9. The van der Waals surface area contributed by atoms with Crippen molar-refractivity contribution in [3.05, 3.63) is 0 Å². The maximum atomic E-state index is 5.85. The van der Waals surface area contributed by atoms with E-state index >= 15 is 0 Å². The molecule has 0 aromatic carbocycles. The molecule has 36 heavy (non-hydrogen) atoms. The van der Waals surface area contributed by atoms with Crippen LogP contribution < -0.4 is 0 Å². The smallest absolute Gasteiger partial charge is 0.0466 e. The molecular weight excluding hydrogens is 504 g/mol. The molecule has 1 nitrogen and oxygen atoms in total. The lowest BCUT2D eigenvalue weighted by molar-refractivity contribution is 0.125. The van der Waals surface area contributed by atoms with Gasteiger partial charge in [0.05, 0.1) is 0 Å². The van der Waals surface area contributed by atoms with Crippen LogP contribution in [-0.4, -0.2) is 18.5 Å². The first-order chi connectivity index (χ1) is 17.9. The Balaban J connectivity index is 3.00. The highest BCUT2D eigenvalue weighted by Gasteiger charge is 1.97. The van der Waals surface area contributed by atoms with E-state index in [-0.39, 0.29) is 0 Å². The second kappa shape index (κ2) is 35.4. The Hall–Kier alpha value is 0.440. The lowest BCUT2D eigenvalue weighted by atomic mass is 10.0. The van der Waals surface area contributed by atoms with Gasteiger partial charge in [0.2, 0.25) is 0 Å². The van der Waals surface area contributed by atoms with E-state index in [1.807, 2.05) is 0 Å². The first kappa shape index (κ1) is 36.4. The van der Waals surface area contributed by atoms with Gasteiger partial charge < -0.3 is 4.74 Å². The molecule has 2 heteroatoms. The molecular formula is C34H69BrO. The molecule has 218 valence electrons. The van der Waals surface area contributed by atoms with Crippen molar-refractivity contribution in [2.24, 2.45) is 0 Å². The third-order valence-corrected chi connectivity index (χ3v) is 8.38. The molecule has 0 bridgehead atoms. The van der Waals surface area contributed by atoms with E-state index in [9.17, 15) is 0 Å². The number of halogens is 1. The second-order valence-electron chi connectivity index (χ2n) is 11.6. The summed E-state index contributed by atoms with van der Waals surface area (Å²) in [4.78, 5) is 0. The molecule has 0 rings (SSSR count). The summed E-state index contributed by atoms with van der Waals surface area (Å²) in [6.45, 7) is 4.29. The molecule has 0 aliphatic rings. The molecule has 0 spiro atoms. The fraction of sp³-hybridized carbons (Fsp3) is 1.00. The minimum absolute atomic E-state index is 0.992.